The van der Waals surface area contributed by atoms with Gasteiger partial charge in [0.05, 0.1) is 11.6 Å². The van der Waals surface area contributed by atoms with Gasteiger partial charge in [0.25, 0.3) is 11.8 Å². The molecule has 0 aliphatic rings. The molecule has 142 valence electrons. The summed E-state index contributed by atoms with van der Waals surface area (Å²) in [6.45, 7) is 1.10. The van der Waals surface area contributed by atoms with Crippen LogP contribution in [0.4, 0.5) is 0 Å². The SMILES string of the molecule is C[C@H](NC(=O)COC(=O)c1ccc(OCC(N)=O)cc1)c1ccccc1Cl. The fraction of sp³-hybridized carbons (Fsp3) is 0.211. The van der Waals surface area contributed by atoms with Crippen LogP contribution >= 0.6 is 11.6 Å². The van der Waals surface area contributed by atoms with Gasteiger partial charge in [-0.05, 0) is 42.8 Å². The maximum atomic E-state index is 12.0. The van der Waals surface area contributed by atoms with Crippen LogP contribution in [0.3, 0.4) is 0 Å². The van der Waals surface area contributed by atoms with Gasteiger partial charge in [-0.25, -0.2) is 4.79 Å². The van der Waals surface area contributed by atoms with Crippen molar-refractivity contribution in [1.29, 1.82) is 0 Å². The van der Waals surface area contributed by atoms with Crippen LogP contribution in [0.2, 0.25) is 5.02 Å². The van der Waals surface area contributed by atoms with Crippen LogP contribution in [0, 0.1) is 0 Å². The first-order chi connectivity index (χ1) is 12.9. The van der Waals surface area contributed by atoms with E-state index in [0.717, 1.165) is 5.56 Å². The molecule has 0 heterocycles. The summed E-state index contributed by atoms with van der Waals surface area (Å²) in [7, 11) is 0. The predicted octanol–water partition coefficient (Wildman–Crippen LogP) is 2.24. The lowest BCUT2D eigenvalue weighted by Gasteiger charge is -2.15. The molecule has 7 nitrogen and oxygen atoms in total. The van der Waals surface area contributed by atoms with Crippen LogP contribution in [0.25, 0.3) is 0 Å². The summed E-state index contributed by atoms with van der Waals surface area (Å²) in [6.07, 6.45) is 0. The molecule has 0 saturated heterocycles. The third-order valence-electron chi connectivity index (χ3n) is 3.55. The number of primary amides is 1. The zero-order valence-corrected chi connectivity index (χ0v) is 15.4. The van der Waals surface area contributed by atoms with E-state index in [1.54, 1.807) is 25.1 Å². The summed E-state index contributed by atoms with van der Waals surface area (Å²) in [6, 6.07) is 12.8. The number of esters is 1. The molecule has 0 spiro atoms. The lowest BCUT2D eigenvalue weighted by atomic mass is 10.1. The van der Waals surface area contributed by atoms with Crippen LogP contribution in [-0.2, 0) is 14.3 Å². The first kappa shape index (κ1) is 20.3. The lowest BCUT2D eigenvalue weighted by molar-refractivity contribution is -0.125. The largest absolute Gasteiger partial charge is 0.484 e. The van der Waals surface area contributed by atoms with Crippen molar-refractivity contribution in [3.8, 4) is 5.75 Å². The fourth-order valence-electron chi connectivity index (χ4n) is 2.24. The Bertz CT molecular complexity index is 823. The van der Waals surface area contributed by atoms with Crippen molar-refractivity contribution >= 4 is 29.4 Å². The highest BCUT2D eigenvalue weighted by molar-refractivity contribution is 6.31. The summed E-state index contributed by atoms with van der Waals surface area (Å²) in [5.74, 6) is -1.32. The summed E-state index contributed by atoms with van der Waals surface area (Å²) >= 11 is 6.09. The third-order valence-corrected chi connectivity index (χ3v) is 3.90. The second-order valence-corrected chi connectivity index (χ2v) is 6.07. The number of carbonyl (C=O) groups excluding carboxylic acids is 3. The first-order valence-corrected chi connectivity index (χ1v) is 8.46. The van der Waals surface area contributed by atoms with E-state index in [4.69, 9.17) is 26.8 Å². The van der Waals surface area contributed by atoms with Gasteiger partial charge in [-0.3, -0.25) is 9.59 Å². The minimum atomic E-state index is -0.656. The van der Waals surface area contributed by atoms with E-state index in [0.29, 0.717) is 10.8 Å². The summed E-state index contributed by atoms with van der Waals surface area (Å²) in [4.78, 5) is 34.6. The molecule has 2 rings (SSSR count). The smallest absolute Gasteiger partial charge is 0.338 e. The van der Waals surface area contributed by atoms with Crippen LogP contribution in [-0.4, -0.2) is 31.0 Å². The Kier molecular flexibility index (Phi) is 7.19. The second kappa shape index (κ2) is 9.59. The Morgan fingerprint density at radius 3 is 2.37 bits per heavy atom. The van der Waals surface area contributed by atoms with Gasteiger partial charge in [0.1, 0.15) is 5.75 Å². The number of hydrogen-bond acceptors (Lipinski definition) is 5. The molecule has 3 N–H and O–H groups in total. The number of nitrogens with two attached hydrogens (primary N) is 1. The highest BCUT2D eigenvalue weighted by Crippen LogP contribution is 2.22. The zero-order valence-electron chi connectivity index (χ0n) is 14.6. The Morgan fingerprint density at radius 1 is 1.07 bits per heavy atom. The highest BCUT2D eigenvalue weighted by Gasteiger charge is 2.15. The number of nitrogens with one attached hydrogen (secondary N) is 1. The molecule has 8 heteroatoms. The third kappa shape index (κ3) is 6.31. The van der Waals surface area contributed by atoms with Gasteiger partial charge >= 0.3 is 5.97 Å². The van der Waals surface area contributed by atoms with Crippen molar-refractivity contribution in [2.45, 2.75) is 13.0 Å². The van der Waals surface area contributed by atoms with Crippen LogP contribution < -0.4 is 15.8 Å². The molecule has 0 saturated carbocycles. The minimum absolute atomic E-state index is 0.244. The minimum Gasteiger partial charge on any atom is -0.484 e. The van der Waals surface area contributed by atoms with E-state index in [1.165, 1.54) is 24.3 Å². The molecular weight excluding hydrogens is 372 g/mol. The number of rotatable bonds is 8. The van der Waals surface area contributed by atoms with E-state index in [9.17, 15) is 14.4 Å². The Hall–Kier alpha value is -3.06. The van der Waals surface area contributed by atoms with Gasteiger partial charge in [0, 0.05) is 5.02 Å². The molecule has 2 aromatic carbocycles. The molecule has 2 amide bonds. The number of hydrogen-bond donors (Lipinski definition) is 2. The van der Waals surface area contributed by atoms with E-state index in [2.05, 4.69) is 5.32 Å². The number of benzene rings is 2. The number of halogens is 1. The van der Waals surface area contributed by atoms with Crippen LogP contribution in [0.1, 0.15) is 28.9 Å². The molecule has 0 aliphatic heterocycles. The van der Waals surface area contributed by atoms with E-state index in [1.807, 2.05) is 6.07 Å². The normalized spacial score (nSPS) is 11.3. The molecular formula is C19H19ClN2O5. The van der Waals surface area contributed by atoms with Gasteiger partial charge in [-0.1, -0.05) is 29.8 Å². The van der Waals surface area contributed by atoms with E-state index in [-0.39, 0.29) is 18.2 Å². The lowest BCUT2D eigenvalue weighted by Crippen LogP contribution is -2.31. The predicted molar refractivity (Wildman–Crippen MR) is 99.4 cm³/mol. The molecule has 0 radical (unpaired) electrons. The number of carbonyl (C=O) groups is 3. The molecule has 27 heavy (non-hydrogen) atoms. The Balaban J connectivity index is 1.83. The van der Waals surface area contributed by atoms with Gasteiger partial charge in [0.15, 0.2) is 13.2 Å². The van der Waals surface area contributed by atoms with Gasteiger partial charge in [-0.15, -0.1) is 0 Å². The maximum absolute atomic E-state index is 12.0. The van der Waals surface area contributed by atoms with Crippen molar-refractivity contribution < 1.29 is 23.9 Å². The number of ether oxygens (including phenoxy) is 2. The molecule has 0 aromatic heterocycles. The van der Waals surface area contributed by atoms with Crippen molar-refractivity contribution in [2.75, 3.05) is 13.2 Å². The summed E-state index contributed by atoms with van der Waals surface area (Å²) in [5.41, 5.74) is 6.00. The molecule has 0 aliphatic carbocycles. The van der Waals surface area contributed by atoms with Crippen molar-refractivity contribution in [1.82, 2.24) is 5.32 Å². The Labute approximate surface area is 161 Å². The average Bonchev–Trinajstić information content (AvgIpc) is 2.65. The molecule has 0 unspecified atom stereocenters. The van der Waals surface area contributed by atoms with Gasteiger partial charge in [0.2, 0.25) is 0 Å². The molecule has 0 bridgehead atoms. The zero-order chi connectivity index (χ0) is 19.8. The number of amides is 2. The highest BCUT2D eigenvalue weighted by atomic mass is 35.5. The van der Waals surface area contributed by atoms with Crippen molar-refractivity contribution in [2.24, 2.45) is 5.73 Å². The second-order valence-electron chi connectivity index (χ2n) is 5.67. The first-order valence-electron chi connectivity index (χ1n) is 8.09. The van der Waals surface area contributed by atoms with Gasteiger partial charge in [-0.2, -0.15) is 0 Å². The monoisotopic (exact) mass is 390 g/mol. The van der Waals surface area contributed by atoms with Crippen LogP contribution in [0.15, 0.2) is 48.5 Å². The summed E-state index contributed by atoms with van der Waals surface area (Å²) < 4.78 is 10.1. The van der Waals surface area contributed by atoms with Crippen molar-refractivity contribution in [3.63, 3.8) is 0 Å². The van der Waals surface area contributed by atoms with Crippen LogP contribution in [0.5, 0.6) is 5.75 Å². The molecule has 2 aromatic rings. The fourth-order valence-corrected chi connectivity index (χ4v) is 2.54. The summed E-state index contributed by atoms with van der Waals surface area (Å²) in [5, 5.41) is 3.26. The topological polar surface area (TPSA) is 108 Å². The van der Waals surface area contributed by atoms with Crippen molar-refractivity contribution in [3.05, 3.63) is 64.7 Å². The van der Waals surface area contributed by atoms with E-state index < -0.39 is 24.4 Å². The molecule has 1 atom stereocenters. The quantitative estimate of drug-likeness (QED) is 0.672. The van der Waals surface area contributed by atoms with E-state index >= 15 is 0 Å². The average molecular weight is 391 g/mol. The standard InChI is InChI=1S/C19H19ClN2O5/c1-12(15-4-2-3-5-16(15)20)22-18(24)11-27-19(25)13-6-8-14(9-7-13)26-10-17(21)23/h2-9,12H,10-11H2,1H3,(H2,21,23)(H,22,24)/t12-/m0/s1. The van der Waals surface area contributed by atoms with Gasteiger partial charge < -0.3 is 20.5 Å². The maximum Gasteiger partial charge on any atom is 0.338 e. The Morgan fingerprint density at radius 2 is 1.74 bits per heavy atom. The molecule has 0 fully saturated rings.